The zero-order valence-electron chi connectivity index (χ0n) is 12.4. The molecule has 1 aromatic rings. The first-order chi connectivity index (χ1) is 9.26. The van der Waals surface area contributed by atoms with Gasteiger partial charge in [0.15, 0.2) is 0 Å². The van der Waals surface area contributed by atoms with Crippen molar-refractivity contribution in [2.75, 3.05) is 19.6 Å². The topological polar surface area (TPSA) is 47.1 Å². The van der Waals surface area contributed by atoms with Gasteiger partial charge in [0.2, 0.25) is 0 Å². The molecule has 4 heteroatoms. The van der Waals surface area contributed by atoms with E-state index in [0.717, 1.165) is 5.92 Å². The molecule has 0 aromatic carbocycles. The van der Waals surface area contributed by atoms with Gasteiger partial charge >= 0.3 is 0 Å². The summed E-state index contributed by atoms with van der Waals surface area (Å²) in [5.74, 6) is 0.917. The van der Waals surface area contributed by atoms with Crippen LogP contribution in [0, 0.1) is 5.92 Å². The molecule has 2 unspecified atom stereocenters. The van der Waals surface area contributed by atoms with Crippen molar-refractivity contribution in [3.05, 3.63) is 18.2 Å². The fourth-order valence-corrected chi connectivity index (χ4v) is 3.34. The van der Waals surface area contributed by atoms with Crippen LogP contribution in [0.1, 0.15) is 50.8 Å². The second kappa shape index (κ2) is 7.06. The molecule has 0 amide bonds. The number of nitrogens with zero attached hydrogens (tertiary/aromatic N) is 3. The standard InChI is InChI=1S/C15H28N4/c1-3-5-13-6-4-8-19(9-7-13)14(10-16)15-11-17-12-18(15)2/h11-14H,3-10,16H2,1-2H3. The van der Waals surface area contributed by atoms with Crippen molar-refractivity contribution in [3.8, 4) is 0 Å². The first-order valence-electron chi connectivity index (χ1n) is 7.66. The van der Waals surface area contributed by atoms with Crippen LogP contribution >= 0.6 is 0 Å². The van der Waals surface area contributed by atoms with Crippen molar-refractivity contribution in [2.45, 2.75) is 45.1 Å². The fourth-order valence-electron chi connectivity index (χ4n) is 3.34. The van der Waals surface area contributed by atoms with E-state index in [2.05, 4.69) is 28.4 Å². The van der Waals surface area contributed by atoms with Crippen molar-refractivity contribution in [2.24, 2.45) is 18.7 Å². The summed E-state index contributed by atoms with van der Waals surface area (Å²) < 4.78 is 2.10. The average Bonchev–Trinajstić information content (AvgIpc) is 2.69. The van der Waals surface area contributed by atoms with Crippen molar-refractivity contribution in [1.29, 1.82) is 0 Å². The van der Waals surface area contributed by atoms with Gasteiger partial charge in [-0.25, -0.2) is 4.98 Å². The Balaban J connectivity index is 2.01. The van der Waals surface area contributed by atoms with E-state index in [1.165, 1.54) is 50.9 Å². The zero-order valence-corrected chi connectivity index (χ0v) is 12.4. The summed E-state index contributed by atoms with van der Waals surface area (Å²) in [6.45, 7) is 5.32. The summed E-state index contributed by atoms with van der Waals surface area (Å²) in [7, 11) is 2.06. The Morgan fingerprint density at radius 1 is 1.42 bits per heavy atom. The van der Waals surface area contributed by atoms with Gasteiger partial charge in [-0.1, -0.05) is 19.8 Å². The lowest BCUT2D eigenvalue weighted by Crippen LogP contribution is -2.35. The molecule has 2 heterocycles. The summed E-state index contributed by atoms with van der Waals surface area (Å²) in [6.07, 6.45) is 10.5. The Labute approximate surface area is 117 Å². The van der Waals surface area contributed by atoms with E-state index in [1.807, 2.05) is 12.5 Å². The van der Waals surface area contributed by atoms with Crippen LogP contribution in [0.3, 0.4) is 0 Å². The first kappa shape index (κ1) is 14.5. The van der Waals surface area contributed by atoms with Crippen molar-refractivity contribution in [1.82, 2.24) is 14.5 Å². The number of aromatic nitrogens is 2. The molecule has 1 aliphatic heterocycles. The van der Waals surface area contributed by atoms with Gasteiger partial charge in [-0.15, -0.1) is 0 Å². The van der Waals surface area contributed by atoms with Crippen molar-refractivity contribution >= 4 is 0 Å². The van der Waals surface area contributed by atoms with E-state index in [4.69, 9.17) is 5.73 Å². The van der Waals surface area contributed by atoms with Gasteiger partial charge in [-0.2, -0.15) is 0 Å². The smallest absolute Gasteiger partial charge is 0.0946 e. The average molecular weight is 264 g/mol. The van der Waals surface area contributed by atoms with Crippen LogP contribution in [-0.4, -0.2) is 34.1 Å². The number of hydrogen-bond acceptors (Lipinski definition) is 3. The Morgan fingerprint density at radius 2 is 2.26 bits per heavy atom. The lowest BCUT2D eigenvalue weighted by molar-refractivity contribution is 0.200. The van der Waals surface area contributed by atoms with Gasteiger partial charge in [0, 0.05) is 19.8 Å². The molecule has 0 aliphatic carbocycles. The maximum Gasteiger partial charge on any atom is 0.0946 e. The van der Waals surface area contributed by atoms with E-state index in [-0.39, 0.29) is 0 Å². The van der Waals surface area contributed by atoms with Crippen LogP contribution in [0.4, 0.5) is 0 Å². The number of likely N-dealkylation sites (tertiary alicyclic amines) is 1. The third-order valence-corrected chi connectivity index (χ3v) is 4.44. The van der Waals surface area contributed by atoms with E-state index in [0.29, 0.717) is 12.6 Å². The largest absolute Gasteiger partial charge is 0.336 e. The number of nitrogens with two attached hydrogens (primary N) is 1. The minimum Gasteiger partial charge on any atom is -0.336 e. The van der Waals surface area contributed by atoms with Crippen molar-refractivity contribution in [3.63, 3.8) is 0 Å². The molecule has 2 atom stereocenters. The van der Waals surface area contributed by atoms with E-state index in [9.17, 15) is 0 Å². The Morgan fingerprint density at radius 3 is 2.89 bits per heavy atom. The van der Waals surface area contributed by atoms with Crippen LogP contribution in [-0.2, 0) is 7.05 Å². The Kier molecular flexibility index (Phi) is 5.40. The molecule has 0 saturated carbocycles. The highest BCUT2D eigenvalue weighted by Crippen LogP contribution is 2.27. The highest BCUT2D eigenvalue weighted by molar-refractivity contribution is 5.06. The Bertz CT molecular complexity index is 374. The predicted octanol–water partition coefficient (Wildman–Crippen LogP) is 2.32. The lowest BCUT2D eigenvalue weighted by Gasteiger charge is -2.29. The molecule has 108 valence electrons. The third kappa shape index (κ3) is 3.57. The molecule has 2 rings (SSSR count). The maximum absolute atomic E-state index is 6.03. The van der Waals surface area contributed by atoms with Gasteiger partial charge in [0.1, 0.15) is 0 Å². The van der Waals surface area contributed by atoms with Crippen molar-refractivity contribution < 1.29 is 0 Å². The van der Waals surface area contributed by atoms with Gasteiger partial charge in [0.25, 0.3) is 0 Å². The van der Waals surface area contributed by atoms with Crippen LogP contribution in [0.15, 0.2) is 12.5 Å². The number of rotatable bonds is 5. The minimum atomic E-state index is 0.327. The molecule has 0 radical (unpaired) electrons. The molecule has 4 nitrogen and oxygen atoms in total. The second-order valence-corrected chi connectivity index (χ2v) is 5.80. The molecular weight excluding hydrogens is 236 g/mol. The van der Waals surface area contributed by atoms with Gasteiger partial charge in [-0.3, -0.25) is 4.90 Å². The number of aryl methyl sites for hydroxylation is 1. The minimum absolute atomic E-state index is 0.327. The summed E-state index contributed by atoms with van der Waals surface area (Å²) in [5, 5.41) is 0. The molecule has 1 aliphatic rings. The van der Waals surface area contributed by atoms with E-state index >= 15 is 0 Å². The van der Waals surface area contributed by atoms with Gasteiger partial charge in [-0.05, 0) is 38.3 Å². The van der Waals surface area contributed by atoms with Crippen LogP contribution in [0.2, 0.25) is 0 Å². The second-order valence-electron chi connectivity index (χ2n) is 5.80. The van der Waals surface area contributed by atoms with Crippen LogP contribution < -0.4 is 5.73 Å². The molecule has 19 heavy (non-hydrogen) atoms. The summed E-state index contributed by atoms with van der Waals surface area (Å²) in [6, 6.07) is 0.327. The van der Waals surface area contributed by atoms with E-state index < -0.39 is 0 Å². The molecule has 2 N–H and O–H groups in total. The summed E-state index contributed by atoms with van der Waals surface area (Å²) in [5.41, 5.74) is 7.27. The molecule has 0 bridgehead atoms. The highest BCUT2D eigenvalue weighted by Gasteiger charge is 2.24. The van der Waals surface area contributed by atoms with E-state index in [1.54, 1.807) is 0 Å². The zero-order chi connectivity index (χ0) is 13.7. The molecule has 0 spiro atoms. The molecule has 1 aromatic heterocycles. The normalized spacial score (nSPS) is 23.2. The summed E-state index contributed by atoms with van der Waals surface area (Å²) >= 11 is 0. The quantitative estimate of drug-likeness (QED) is 0.888. The lowest BCUT2D eigenvalue weighted by atomic mass is 9.96. The third-order valence-electron chi connectivity index (χ3n) is 4.44. The monoisotopic (exact) mass is 264 g/mol. The number of hydrogen-bond donors (Lipinski definition) is 1. The Hall–Kier alpha value is -0.870. The predicted molar refractivity (Wildman–Crippen MR) is 78.8 cm³/mol. The van der Waals surface area contributed by atoms with Crippen LogP contribution in [0.25, 0.3) is 0 Å². The molecular formula is C15H28N4. The van der Waals surface area contributed by atoms with Gasteiger partial charge < -0.3 is 10.3 Å². The SMILES string of the molecule is CCCC1CCCN(C(CN)c2cncn2C)CC1. The molecule has 1 fully saturated rings. The fraction of sp³-hybridized carbons (Fsp3) is 0.800. The van der Waals surface area contributed by atoms with Crippen LogP contribution in [0.5, 0.6) is 0 Å². The molecule has 1 saturated heterocycles. The maximum atomic E-state index is 6.03. The highest BCUT2D eigenvalue weighted by atomic mass is 15.2. The first-order valence-corrected chi connectivity index (χ1v) is 7.66. The summed E-state index contributed by atoms with van der Waals surface area (Å²) in [4.78, 5) is 6.80. The number of imidazole rings is 1. The van der Waals surface area contributed by atoms with Gasteiger partial charge in [0.05, 0.1) is 18.1 Å².